The summed E-state index contributed by atoms with van der Waals surface area (Å²) >= 11 is 0. The van der Waals surface area contributed by atoms with E-state index >= 15 is 0 Å². The average molecular weight is 277 g/mol. The predicted octanol–water partition coefficient (Wildman–Crippen LogP) is 5.50. The molecule has 0 saturated heterocycles. The van der Waals surface area contributed by atoms with Gasteiger partial charge in [-0.25, -0.2) is 0 Å². The lowest BCUT2D eigenvalue weighted by Gasteiger charge is -2.25. The lowest BCUT2D eigenvalue weighted by atomic mass is 9.94. The zero-order valence-corrected chi connectivity index (χ0v) is 12.5. The van der Waals surface area contributed by atoms with Gasteiger partial charge >= 0.3 is 0 Å². The summed E-state index contributed by atoms with van der Waals surface area (Å²) < 4.78 is 0. The van der Waals surface area contributed by atoms with Gasteiger partial charge in [0.05, 0.1) is 0 Å². The minimum Gasteiger partial charge on any atom is -0.382 e. The Bertz CT molecular complexity index is 584. The van der Waals surface area contributed by atoms with Gasteiger partial charge in [0.1, 0.15) is 0 Å². The number of hydrogen-bond acceptors (Lipinski definition) is 1. The second kappa shape index (κ2) is 7.12. The molecular formula is C20H23N. The SMILES string of the molecule is C1=C\C=C/C(c2ccccc2NC2CCCCC2)=C\C=C/1. The van der Waals surface area contributed by atoms with E-state index in [0.717, 1.165) is 0 Å². The van der Waals surface area contributed by atoms with E-state index in [1.54, 1.807) is 0 Å². The first-order valence-electron chi connectivity index (χ1n) is 8.01. The van der Waals surface area contributed by atoms with Crippen molar-refractivity contribution in [2.45, 2.75) is 38.1 Å². The summed E-state index contributed by atoms with van der Waals surface area (Å²) in [4.78, 5) is 0. The summed E-state index contributed by atoms with van der Waals surface area (Å²) in [5, 5.41) is 3.77. The molecule has 1 N–H and O–H groups in total. The molecule has 1 aromatic rings. The van der Waals surface area contributed by atoms with Crippen LogP contribution < -0.4 is 5.32 Å². The largest absolute Gasteiger partial charge is 0.382 e. The van der Waals surface area contributed by atoms with Gasteiger partial charge in [-0.15, -0.1) is 0 Å². The van der Waals surface area contributed by atoms with Crippen LogP contribution in [-0.4, -0.2) is 6.04 Å². The fraction of sp³-hybridized carbons (Fsp3) is 0.300. The van der Waals surface area contributed by atoms with Crippen molar-refractivity contribution >= 4 is 11.3 Å². The Hall–Kier alpha value is -2.02. The molecule has 0 radical (unpaired) electrons. The van der Waals surface area contributed by atoms with E-state index in [1.807, 2.05) is 0 Å². The van der Waals surface area contributed by atoms with E-state index < -0.39 is 0 Å². The zero-order chi connectivity index (χ0) is 14.3. The van der Waals surface area contributed by atoms with Crippen LogP contribution in [0.25, 0.3) is 5.57 Å². The highest BCUT2D eigenvalue weighted by molar-refractivity contribution is 5.83. The first-order chi connectivity index (χ1) is 10.4. The van der Waals surface area contributed by atoms with E-state index in [9.17, 15) is 0 Å². The number of hydrogen-bond donors (Lipinski definition) is 1. The first kappa shape index (κ1) is 13.9. The second-order valence-corrected chi connectivity index (χ2v) is 5.78. The monoisotopic (exact) mass is 277 g/mol. The van der Waals surface area contributed by atoms with Gasteiger partial charge < -0.3 is 5.32 Å². The van der Waals surface area contributed by atoms with Crippen LogP contribution in [0.5, 0.6) is 0 Å². The lowest BCUT2D eigenvalue weighted by Crippen LogP contribution is -2.22. The minimum atomic E-state index is 0.633. The van der Waals surface area contributed by atoms with Crippen molar-refractivity contribution in [1.29, 1.82) is 0 Å². The molecule has 0 amide bonds. The Balaban J connectivity index is 1.84. The number of anilines is 1. The molecule has 0 bridgehead atoms. The summed E-state index contributed by atoms with van der Waals surface area (Å²) in [7, 11) is 0. The highest BCUT2D eigenvalue weighted by atomic mass is 14.9. The molecule has 0 aromatic heterocycles. The summed E-state index contributed by atoms with van der Waals surface area (Å²) in [5.41, 5.74) is 3.81. The highest BCUT2D eigenvalue weighted by Gasteiger charge is 2.14. The number of rotatable bonds is 3. The molecule has 1 nitrogen and oxygen atoms in total. The van der Waals surface area contributed by atoms with Crippen LogP contribution in [0.2, 0.25) is 0 Å². The molecule has 1 heteroatoms. The van der Waals surface area contributed by atoms with Crippen LogP contribution in [0.15, 0.2) is 66.8 Å². The molecule has 1 fully saturated rings. The molecule has 2 aliphatic carbocycles. The Morgan fingerprint density at radius 3 is 2.48 bits per heavy atom. The van der Waals surface area contributed by atoms with Crippen LogP contribution in [-0.2, 0) is 0 Å². The van der Waals surface area contributed by atoms with Crippen molar-refractivity contribution in [1.82, 2.24) is 0 Å². The second-order valence-electron chi connectivity index (χ2n) is 5.78. The Labute approximate surface area is 127 Å². The molecule has 0 aliphatic heterocycles. The molecule has 0 spiro atoms. The van der Waals surface area contributed by atoms with Crippen LogP contribution >= 0.6 is 0 Å². The van der Waals surface area contributed by atoms with Crippen molar-refractivity contribution in [2.24, 2.45) is 0 Å². The van der Waals surface area contributed by atoms with Gasteiger partial charge in [0.2, 0.25) is 0 Å². The van der Waals surface area contributed by atoms with E-state index in [2.05, 4.69) is 72.1 Å². The summed E-state index contributed by atoms with van der Waals surface area (Å²) in [6.45, 7) is 0. The van der Waals surface area contributed by atoms with Gasteiger partial charge in [-0.3, -0.25) is 0 Å². The number of para-hydroxylation sites is 1. The Morgan fingerprint density at radius 1 is 0.810 bits per heavy atom. The molecule has 0 atom stereocenters. The van der Waals surface area contributed by atoms with Crippen molar-refractivity contribution in [2.75, 3.05) is 5.32 Å². The van der Waals surface area contributed by atoms with Crippen molar-refractivity contribution in [3.8, 4) is 0 Å². The standard InChI is InChI=1S/C20H23N/c1-2-5-11-17(12-6-3-1)19-15-9-10-16-20(19)21-18-13-7-4-8-14-18/h1-3,5-6,9-12,15-16,18,21H,4,7-8,13-14H2/b2-1-,3-1?,5-2?,6-3-,11-5-,12-6?,17-11?,17-12+. The number of allylic oxidation sites excluding steroid dienone is 8. The molecule has 3 rings (SSSR count). The molecule has 2 aliphatic rings. The minimum absolute atomic E-state index is 0.633. The van der Waals surface area contributed by atoms with Gasteiger partial charge in [-0.05, 0) is 24.5 Å². The van der Waals surface area contributed by atoms with E-state index in [1.165, 1.54) is 48.9 Å². The lowest BCUT2D eigenvalue weighted by molar-refractivity contribution is 0.462. The summed E-state index contributed by atoms with van der Waals surface area (Å²) in [6.07, 6.45) is 21.5. The third-order valence-corrected chi connectivity index (χ3v) is 4.20. The number of nitrogens with one attached hydrogen (secondary N) is 1. The summed E-state index contributed by atoms with van der Waals surface area (Å²) in [6, 6.07) is 9.29. The van der Waals surface area contributed by atoms with Gasteiger partial charge in [0.25, 0.3) is 0 Å². The molecule has 0 heterocycles. The molecule has 1 saturated carbocycles. The normalized spacial score (nSPS) is 26.0. The van der Waals surface area contributed by atoms with Crippen LogP contribution in [0, 0.1) is 0 Å². The smallest absolute Gasteiger partial charge is 0.0422 e. The average Bonchev–Trinajstić information content (AvgIpc) is 2.49. The Morgan fingerprint density at radius 2 is 1.57 bits per heavy atom. The third-order valence-electron chi connectivity index (χ3n) is 4.20. The first-order valence-corrected chi connectivity index (χ1v) is 8.01. The van der Waals surface area contributed by atoms with Crippen molar-refractivity contribution in [3.05, 3.63) is 72.4 Å². The molecule has 108 valence electrons. The topological polar surface area (TPSA) is 12.0 Å². The quantitative estimate of drug-likeness (QED) is 0.769. The van der Waals surface area contributed by atoms with E-state index in [-0.39, 0.29) is 0 Å². The molecule has 0 unspecified atom stereocenters. The molecule has 1 aromatic carbocycles. The fourth-order valence-corrected chi connectivity index (χ4v) is 3.07. The van der Waals surface area contributed by atoms with Crippen molar-refractivity contribution in [3.63, 3.8) is 0 Å². The van der Waals surface area contributed by atoms with Gasteiger partial charge in [0, 0.05) is 17.3 Å². The third kappa shape index (κ3) is 3.75. The van der Waals surface area contributed by atoms with E-state index in [4.69, 9.17) is 0 Å². The van der Waals surface area contributed by atoms with Crippen LogP contribution in [0.3, 0.4) is 0 Å². The maximum absolute atomic E-state index is 3.77. The molecular weight excluding hydrogens is 254 g/mol. The summed E-state index contributed by atoms with van der Waals surface area (Å²) in [5.74, 6) is 0. The van der Waals surface area contributed by atoms with Crippen LogP contribution in [0.1, 0.15) is 37.7 Å². The maximum Gasteiger partial charge on any atom is 0.0422 e. The highest BCUT2D eigenvalue weighted by Crippen LogP contribution is 2.28. The van der Waals surface area contributed by atoms with Crippen molar-refractivity contribution < 1.29 is 0 Å². The molecule has 21 heavy (non-hydrogen) atoms. The fourth-order valence-electron chi connectivity index (χ4n) is 3.07. The van der Waals surface area contributed by atoms with Crippen LogP contribution in [0.4, 0.5) is 5.69 Å². The number of benzene rings is 1. The Kier molecular flexibility index (Phi) is 4.73. The zero-order valence-electron chi connectivity index (χ0n) is 12.5. The van der Waals surface area contributed by atoms with Gasteiger partial charge in [-0.1, -0.05) is 80.0 Å². The maximum atomic E-state index is 3.77. The van der Waals surface area contributed by atoms with E-state index in [0.29, 0.717) is 6.04 Å². The van der Waals surface area contributed by atoms with Gasteiger partial charge in [-0.2, -0.15) is 0 Å². The predicted molar refractivity (Wildman–Crippen MR) is 92.3 cm³/mol. The van der Waals surface area contributed by atoms with Gasteiger partial charge in [0.15, 0.2) is 0 Å².